The van der Waals surface area contributed by atoms with Crippen molar-refractivity contribution in [3.63, 3.8) is 0 Å². The number of carbonyl (C=O) groups is 1. The molecule has 0 aliphatic rings. The summed E-state index contributed by atoms with van der Waals surface area (Å²) >= 11 is 0. The topological polar surface area (TPSA) is 74.4 Å². The summed E-state index contributed by atoms with van der Waals surface area (Å²) in [6.07, 6.45) is 4.63. The summed E-state index contributed by atoms with van der Waals surface area (Å²) in [6.45, 7) is 2.01. The van der Waals surface area contributed by atoms with Gasteiger partial charge in [-0.15, -0.1) is 0 Å². The van der Waals surface area contributed by atoms with E-state index in [9.17, 15) is 4.79 Å². The Kier molecular flexibility index (Phi) is 4.32. The zero-order valence-electron chi connectivity index (χ0n) is 9.27. The van der Waals surface area contributed by atoms with Crippen LogP contribution in [0.25, 0.3) is 6.08 Å². The Balaban J connectivity index is 2.93. The van der Waals surface area contributed by atoms with Gasteiger partial charge >= 0.3 is 5.97 Å². The van der Waals surface area contributed by atoms with E-state index in [1.54, 1.807) is 25.4 Å². The average Bonchev–Trinajstić information content (AvgIpc) is 2.30. The summed E-state index contributed by atoms with van der Waals surface area (Å²) in [5.41, 5.74) is 6.22. The van der Waals surface area contributed by atoms with Gasteiger partial charge in [0.15, 0.2) is 0 Å². The van der Waals surface area contributed by atoms with E-state index in [1.165, 1.54) is 13.2 Å². The molecule has 0 saturated carbocycles. The largest absolute Gasteiger partial charge is 0.496 e. The van der Waals surface area contributed by atoms with Crippen molar-refractivity contribution in [2.24, 2.45) is 5.73 Å². The molecular weight excluding hydrogens is 208 g/mol. The lowest BCUT2D eigenvalue weighted by Gasteiger charge is -2.05. The number of carbonyl (C=O) groups excluding carboxylic acids is 1. The van der Waals surface area contributed by atoms with Crippen LogP contribution in [-0.2, 0) is 9.53 Å². The van der Waals surface area contributed by atoms with Crippen LogP contribution >= 0.6 is 0 Å². The van der Waals surface area contributed by atoms with Gasteiger partial charge in [0, 0.05) is 18.0 Å². The second kappa shape index (κ2) is 5.75. The van der Waals surface area contributed by atoms with Crippen molar-refractivity contribution in [3.8, 4) is 5.75 Å². The summed E-state index contributed by atoms with van der Waals surface area (Å²) in [7, 11) is 1.53. The minimum atomic E-state index is -0.548. The van der Waals surface area contributed by atoms with Crippen molar-refractivity contribution in [2.75, 3.05) is 13.7 Å². The fourth-order valence-corrected chi connectivity index (χ4v) is 1.13. The number of nitrogens with zero attached hydrogens (tertiary/aromatic N) is 1. The molecule has 1 aromatic heterocycles. The molecule has 0 saturated heterocycles. The maximum Gasteiger partial charge on any atom is 0.354 e. The van der Waals surface area contributed by atoms with E-state index in [4.69, 9.17) is 15.2 Å². The van der Waals surface area contributed by atoms with Crippen molar-refractivity contribution in [1.29, 1.82) is 0 Å². The predicted molar refractivity (Wildman–Crippen MR) is 59.6 cm³/mol. The van der Waals surface area contributed by atoms with E-state index in [1.807, 2.05) is 0 Å². The number of methoxy groups -OCH3 is 1. The number of rotatable bonds is 4. The third-order valence-corrected chi connectivity index (χ3v) is 1.85. The van der Waals surface area contributed by atoms with Crippen molar-refractivity contribution >= 4 is 12.0 Å². The smallest absolute Gasteiger partial charge is 0.354 e. The summed E-state index contributed by atoms with van der Waals surface area (Å²) in [4.78, 5) is 15.2. The van der Waals surface area contributed by atoms with E-state index in [0.29, 0.717) is 11.3 Å². The van der Waals surface area contributed by atoms with Crippen molar-refractivity contribution in [1.82, 2.24) is 4.98 Å². The number of hydrogen-bond acceptors (Lipinski definition) is 5. The fraction of sp³-hybridized carbons (Fsp3) is 0.273. The fourth-order valence-electron chi connectivity index (χ4n) is 1.13. The molecule has 5 heteroatoms. The Hall–Kier alpha value is -2.04. The quantitative estimate of drug-likeness (QED) is 0.606. The Morgan fingerprint density at radius 2 is 2.38 bits per heavy atom. The molecule has 1 rings (SSSR count). The molecule has 86 valence electrons. The molecule has 0 amide bonds. The highest BCUT2D eigenvalue weighted by Gasteiger charge is 2.07. The molecule has 0 aliphatic heterocycles. The molecule has 0 radical (unpaired) electrons. The minimum Gasteiger partial charge on any atom is -0.496 e. The lowest BCUT2D eigenvalue weighted by atomic mass is 10.2. The summed E-state index contributed by atoms with van der Waals surface area (Å²) in [6, 6.07) is 1.68. The van der Waals surface area contributed by atoms with Crippen LogP contribution in [0, 0.1) is 0 Å². The third-order valence-electron chi connectivity index (χ3n) is 1.85. The summed E-state index contributed by atoms with van der Waals surface area (Å²) < 4.78 is 9.85. The standard InChI is InChI=1S/C11H14N2O3/c1-3-16-11(14)9(12)6-8-7-13-5-4-10(8)15-2/h4-7H,3,12H2,1-2H3/b9-6-. The van der Waals surface area contributed by atoms with Gasteiger partial charge in [0.25, 0.3) is 0 Å². The molecule has 2 N–H and O–H groups in total. The summed E-state index contributed by atoms with van der Waals surface area (Å²) in [5.74, 6) is 0.0515. The number of esters is 1. The van der Waals surface area contributed by atoms with Crippen LogP contribution < -0.4 is 10.5 Å². The van der Waals surface area contributed by atoms with Gasteiger partial charge in [0.1, 0.15) is 11.4 Å². The molecule has 1 aromatic rings. The number of nitrogens with two attached hydrogens (primary N) is 1. The van der Waals surface area contributed by atoms with Crippen LogP contribution in [0.5, 0.6) is 5.75 Å². The van der Waals surface area contributed by atoms with Gasteiger partial charge in [-0.25, -0.2) is 4.79 Å². The normalized spacial score (nSPS) is 11.0. The highest BCUT2D eigenvalue weighted by molar-refractivity contribution is 5.92. The van der Waals surface area contributed by atoms with Crippen LogP contribution in [0.1, 0.15) is 12.5 Å². The number of aromatic nitrogens is 1. The van der Waals surface area contributed by atoms with Crippen LogP contribution in [0.15, 0.2) is 24.2 Å². The van der Waals surface area contributed by atoms with Crippen LogP contribution in [0.2, 0.25) is 0 Å². The SMILES string of the molecule is CCOC(=O)/C(N)=C/c1cnccc1OC. The third kappa shape index (κ3) is 2.98. The van der Waals surface area contributed by atoms with Gasteiger partial charge in [-0.1, -0.05) is 0 Å². The first-order valence-electron chi connectivity index (χ1n) is 4.81. The Bertz CT molecular complexity index is 402. The Labute approximate surface area is 93.9 Å². The molecule has 1 heterocycles. The zero-order chi connectivity index (χ0) is 12.0. The molecule has 0 atom stereocenters. The van der Waals surface area contributed by atoms with E-state index < -0.39 is 5.97 Å². The molecule has 0 aliphatic carbocycles. The first-order chi connectivity index (χ1) is 7.69. The first kappa shape index (κ1) is 12.0. The maximum atomic E-state index is 11.3. The van der Waals surface area contributed by atoms with Gasteiger partial charge in [-0.2, -0.15) is 0 Å². The van der Waals surface area contributed by atoms with E-state index in [-0.39, 0.29) is 12.3 Å². The number of ether oxygens (including phenoxy) is 2. The van der Waals surface area contributed by atoms with Gasteiger partial charge < -0.3 is 15.2 Å². The first-order valence-corrected chi connectivity index (χ1v) is 4.81. The van der Waals surface area contributed by atoms with Crippen LogP contribution in [0.3, 0.4) is 0 Å². The van der Waals surface area contributed by atoms with Crippen molar-refractivity contribution in [2.45, 2.75) is 6.92 Å². The van der Waals surface area contributed by atoms with Crippen LogP contribution in [0.4, 0.5) is 0 Å². The highest BCUT2D eigenvalue weighted by Crippen LogP contribution is 2.18. The van der Waals surface area contributed by atoms with E-state index in [2.05, 4.69) is 4.98 Å². The Morgan fingerprint density at radius 1 is 1.62 bits per heavy atom. The van der Waals surface area contributed by atoms with Crippen LogP contribution in [-0.4, -0.2) is 24.7 Å². The van der Waals surface area contributed by atoms with Crippen molar-refractivity contribution < 1.29 is 14.3 Å². The monoisotopic (exact) mass is 222 g/mol. The van der Waals surface area contributed by atoms with Crippen molar-refractivity contribution in [3.05, 3.63) is 29.7 Å². The van der Waals surface area contributed by atoms with Gasteiger partial charge in [0.2, 0.25) is 0 Å². The zero-order valence-corrected chi connectivity index (χ0v) is 9.27. The minimum absolute atomic E-state index is 0.0214. The molecular formula is C11H14N2O3. The van der Waals surface area contributed by atoms with Gasteiger partial charge in [0.05, 0.1) is 13.7 Å². The number of pyridine rings is 1. The molecule has 5 nitrogen and oxygen atoms in total. The maximum absolute atomic E-state index is 11.3. The number of hydrogen-bond donors (Lipinski definition) is 1. The molecule has 0 fully saturated rings. The molecule has 0 bridgehead atoms. The highest BCUT2D eigenvalue weighted by atomic mass is 16.5. The molecule has 16 heavy (non-hydrogen) atoms. The second-order valence-electron chi connectivity index (χ2n) is 2.94. The van der Waals surface area contributed by atoms with Gasteiger partial charge in [-0.3, -0.25) is 4.98 Å². The average molecular weight is 222 g/mol. The van der Waals surface area contributed by atoms with E-state index >= 15 is 0 Å². The lowest BCUT2D eigenvalue weighted by molar-refractivity contribution is -0.138. The molecule has 0 aromatic carbocycles. The second-order valence-corrected chi connectivity index (χ2v) is 2.94. The van der Waals surface area contributed by atoms with E-state index in [0.717, 1.165) is 0 Å². The predicted octanol–water partition coefficient (Wildman–Crippen LogP) is 0.953. The molecule has 0 spiro atoms. The molecule has 0 unspecified atom stereocenters. The lowest BCUT2D eigenvalue weighted by Crippen LogP contribution is -2.14. The summed E-state index contributed by atoms with van der Waals surface area (Å²) in [5, 5.41) is 0. The van der Waals surface area contributed by atoms with Gasteiger partial charge in [-0.05, 0) is 19.1 Å². The Morgan fingerprint density at radius 3 is 3.00 bits per heavy atom.